The van der Waals surface area contributed by atoms with Crippen LogP contribution in [-0.2, 0) is 6.18 Å². The van der Waals surface area contributed by atoms with E-state index < -0.39 is 17.6 Å². The Kier molecular flexibility index (Phi) is 5.02. The molecule has 3 aromatic carbocycles. The first-order valence-electron chi connectivity index (χ1n) is 7.75. The molecule has 6 heteroatoms. The molecule has 132 valence electrons. The monoisotopic (exact) mass is 358 g/mol. The third-order valence-corrected chi connectivity index (χ3v) is 3.70. The molecule has 1 N–H and O–H groups in total. The number of hydrogen-bond acceptors (Lipinski definition) is 2. The van der Waals surface area contributed by atoms with Crippen LogP contribution in [-0.4, -0.2) is 6.21 Å². The zero-order valence-corrected chi connectivity index (χ0v) is 13.5. The third-order valence-electron chi connectivity index (χ3n) is 3.70. The van der Waals surface area contributed by atoms with Crippen molar-refractivity contribution in [1.82, 2.24) is 0 Å². The van der Waals surface area contributed by atoms with Crippen LogP contribution in [0.2, 0.25) is 0 Å². The Hall–Kier alpha value is -3.15. The minimum absolute atomic E-state index is 0.296. The van der Waals surface area contributed by atoms with Crippen LogP contribution in [0.15, 0.2) is 77.9 Å². The molecule has 0 saturated heterocycles. The lowest BCUT2D eigenvalue weighted by Crippen LogP contribution is -2.08. The van der Waals surface area contributed by atoms with E-state index in [0.29, 0.717) is 11.1 Å². The van der Waals surface area contributed by atoms with Gasteiger partial charge in [-0.3, -0.25) is 5.43 Å². The summed E-state index contributed by atoms with van der Waals surface area (Å²) in [6.45, 7) is 0. The van der Waals surface area contributed by atoms with Gasteiger partial charge in [-0.25, -0.2) is 4.39 Å². The molecule has 0 heterocycles. The molecule has 0 spiro atoms. The van der Waals surface area contributed by atoms with Crippen molar-refractivity contribution in [3.63, 3.8) is 0 Å². The minimum Gasteiger partial charge on any atom is -0.279 e. The van der Waals surface area contributed by atoms with E-state index in [1.807, 2.05) is 30.3 Å². The summed E-state index contributed by atoms with van der Waals surface area (Å²) in [5, 5.41) is 4.10. The minimum atomic E-state index is -4.73. The van der Waals surface area contributed by atoms with Gasteiger partial charge in [0.2, 0.25) is 0 Å². The lowest BCUT2D eigenvalue weighted by atomic mass is 10.0. The Morgan fingerprint density at radius 2 is 1.46 bits per heavy atom. The summed E-state index contributed by atoms with van der Waals surface area (Å²) in [4.78, 5) is 0. The summed E-state index contributed by atoms with van der Waals surface area (Å²) in [6, 6.07) is 19.1. The summed E-state index contributed by atoms with van der Waals surface area (Å²) < 4.78 is 51.9. The molecule has 3 rings (SSSR count). The molecule has 0 atom stereocenters. The molecule has 3 aromatic rings. The summed E-state index contributed by atoms with van der Waals surface area (Å²) >= 11 is 0. The number of halogens is 4. The zero-order valence-electron chi connectivity index (χ0n) is 13.5. The van der Waals surface area contributed by atoms with Gasteiger partial charge in [0.05, 0.1) is 17.5 Å². The van der Waals surface area contributed by atoms with Crippen molar-refractivity contribution in [3.05, 3.63) is 89.7 Å². The van der Waals surface area contributed by atoms with Crippen LogP contribution in [0.3, 0.4) is 0 Å². The quantitative estimate of drug-likeness (QED) is 0.347. The molecule has 0 radical (unpaired) electrons. The average Bonchev–Trinajstić information content (AvgIpc) is 2.63. The van der Waals surface area contributed by atoms with Crippen LogP contribution in [0.5, 0.6) is 0 Å². The highest BCUT2D eigenvalue weighted by atomic mass is 19.4. The smallest absolute Gasteiger partial charge is 0.279 e. The number of benzene rings is 3. The van der Waals surface area contributed by atoms with Crippen LogP contribution in [0.25, 0.3) is 11.1 Å². The Morgan fingerprint density at radius 3 is 2.12 bits per heavy atom. The Labute approximate surface area is 147 Å². The molecular formula is C20H14F4N2. The second-order valence-corrected chi connectivity index (χ2v) is 5.55. The number of hydrogen-bond donors (Lipinski definition) is 1. The van der Waals surface area contributed by atoms with E-state index >= 15 is 0 Å². The lowest BCUT2D eigenvalue weighted by molar-refractivity contribution is -0.139. The van der Waals surface area contributed by atoms with Crippen LogP contribution in [0, 0.1) is 5.82 Å². The van der Waals surface area contributed by atoms with Gasteiger partial charge in [-0.2, -0.15) is 18.3 Å². The van der Waals surface area contributed by atoms with Gasteiger partial charge in [0.25, 0.3) is 0 Å². The van der Waals surface area contributed by atoms with E-state index in [2.05, 4.69) is 10.5 Å². The van der Waals surface area contributed by atoms with Gasteiger partial charge in [-0.05, 0) is 41.0 Å². The molecule has 0 amide bonds. The molecule has 0 aromatic heterocycles. The zero-order chi connectivity index (χ0) is 18.6. The van der Waals surface area contributed by atoms with Gasteiger partial charge in [0.1, 0.15) is 5.82 Å². The van der Waals surface area contributed by atoms with E-state index in [9.17, 15) is 17.6 Å². The fourth-order valence-electron chi connectivity index (χ4n) is 2.38. The molecule has 0 aliphatic heterocycles. The van der Waals surface area contributed by atoms with E-state index in [1.54, 1.807) is 30.5 Å². The number of anilines is 1. The first-order chi connectivity index (χ1) is 12.4. The summed E-state index contributed by atoms with van der Waals surface area (Å²) in [5.74, 6) is -1.28. The van der Waals surface area contributed by atoms with Crippen molar-refractivity contribution in [2.75, 3.05) is 5.43 Å². The molecular weight excluding hydrogens is 344 g/mol. The third kappa shape index (κ3) is 4.27. The molecule has 0 bridgehead atoms. The first-order valence-corrected chi connectivity index (χ1v) is 7.75. The van der Waals surface area contributed by atoms with Gasteiger partial charge in [-0.15, -0.1) is 0 Å². The second kappa shape index (κ2) is 7.39. The highest BCUT2D eigenvalue weighted by molar-refractivity contribution is 5.81. The summed E-state index contributed by atoms with van der Waals surface area (Å²) in [7, 11) is 0. The van der Waals surface area contributed by atoms with Crippen molar-refractivity contribution in [1.29, 1.82) is 0 Å². The van der Waals surface area contributed by atoms with Crippen molar-refractivity contribution in [3.8, 4) is 11.1 Å². The molecule has 2 nitrogen and oxygen atoms in total. The van der Waals surface area contributed by atoms with E-state index in [0.717, 1.165) is 23.4 Å². The predicted molar refractivity (Wildman–Crippen MR) is 94.5 cm³/mol. The van der Waals surface area contributed by atoms with Gasteiger partial charge in [-0.1, -0.05) is 48.5 Å². The van der Waals surface area contributed by atoms with Crippen molar-refractivity contribution in [2.45, 2.75) is 6.18 Å². The van der Waals surface area contributed by atoms with Gasteiger partial charge in [0, 0.05) is 0 Å². The maximum atomic E-state index is 13.4. The van der Waals surface area contributed by atoms with E-state index in [1.165, 1.54) is 6.07 Å². The predicted octanol–water partition coefficient (Wildman–Crippen LogP) is 5.96. The molecule has 26 heavy (non-hydrogen) atoms. The van der Waals surface area contributed by atoms with Crippen LogP contribution >= 0.6 is 0 Å². The molecule has 0 saturated carbocycles. The Bertz CT molecular complexity index is 901. The lowest BCUT2D eigenvalue weighted by Gasteiger charge is -2.10. The maximum Gasteiger partial charge on any atom is 0.419 e. The number of rotatable bonds is 4. The average molecular weight is 358 g/mol. The standard InChI is InChI=1S/C20H14F4N2/c21-19-11-10-16(12-18(19)20(22,23)24)15-8-6-14(7-9-15)13-25-26-17-4-2-1-3-5-17/h1-13,26H. The van der Waals surface area contributed by atoms with E-state index in [-0.39, 0.29) is 0 Å². The second-order valence-electron chi connectivity index (χ2n) is 5.55. The summed E-state index contributed by atoms with van der Waals surface area (Å²) in [5.41, 5.74) is 4.07. The summed E-state index contributed by atoms with van der Waals surface area (Å²) in [6.07, 6.45) is -3.13. The largest absolute Gasteiger partial charge is 0.419 e. The number of para-hydroxylation sites is 1. The molecule has 0 aliphatic rings. The SMILES string of the molecule is Fc1ccc(-c2ccc(C=NNc3ccccc3)cc2)cc1C(F)(F)F. The Morgan fingerprint density at radius 1 is 0.808 bits per heavy atom. The molecule has 0 aliphatic carbocycles. The fourth-order valence-corrected chi connectivity index (χ4v) is 2.38. The van der Waals surface area contributed by atoms with Gasteiger partial charge in [0.15, 0.2) is 0 Å². The molecule has 0 fully saturated rings. The number of alkyl halides is 3. The van der Waals surface area contributed by atoms with Gasteiger partial charge < -0.3 is 0 Å². The fraction of sp³-hybridized carbons (Fsp3) is 0.0500. The Balaban J connectivity index is 1.75. The normalized spacial score (nSPS) is 11.7. The number of nitrogens with zero attached hydrogens (tertiary/aromatic N) is 1. The van der Waals surface area contributed by atoms with Crippen molar-refractivity contribution in [2.24, 2.45) is 5.10 Å². The highest BCUT2D eigenvalue weighted by Gasteiger charge is 2.34. The van der Waals surface area contributed by atoms with Crippen LogP contribution in [0.1, 0.15) is 11.1 Å². The van der Waals surface area contributed by atoms with E-state index in [4.69, 9.17) is 0 Å². The van der Waals surface area contributed by atoms with Gasteiger partial charge >= 0.3 is 6.18 Å². The van der Waals surface area contributed by atoms with Crippen LogP contribution < -0.4 is 5.43 Å². The molecule has 0 unspecified atom stereocenters. The van der Waals surface area contributed by atoms with Crippen molar-refractivity contribution < 1.29 is 17.6 Å². The van der Waals surface area contributed by atoms with Crippen molar-refractivity contribution >= 4 is 11.9 Å². The number of hydrazone groups is 1. The van der Waals surface area contributed by atoms with Crippen LogP contribution in [0.4, 0.5) is 23.2 Å². The highest BCUT2D eigenvalue weighted by Crippen LogP contribution is 2.34. The number of nitrogens with one attached hydrogen (secondary N) is 1. The maximum absolute atomic E-state index is 13.4. The first kappa shape index (κ1) is 17.7. The topological polar surface area (TPSA) is 24.4 Å².